The molecule has 1 unspecified atom stereocenters. The Labute approximate surface area is 172 Å². The van der Waals surface area contributed by atoms with E-state index in [0.29, 0.717) is 6.54 Å². The van der Waals surface area contributed by atoms with Gasteiger partial charge in [0, 0.05) is 48.4 Å². The Morgan fingerprint density at radius 1 is 1.10 bits per heavy atom. The molecule has 1 aromatic heterocycles. The second kappa shape index (κ2) is 7.40. The van der Waals surface area contributed by atoms with Crippen molar-refractivity contribution in [2.24, 2.45) is 5.92 Å². The number of hydrogen-bond acceptors (Lipinski definition) is 4. The van der Waals surface area contributed by atoms with Crippen LogP contribution in [0.3, 0.4) is 0 Å². The fourth-order valence-corrected chi connectivity index (χ4v) is 4.70. The number of carbonyl (C=O) groups excluding carboxylic acids is 2. The van der Waals surface area contributed by atoms with Gasteiger partial charge in [-0.25, -0.2) is 4.98 Å². The highest BCUT2D eigenvalue weighted by molar-refractivity contribution is 7.99. The number of anilines is 2. The monoisotopic (exact) mass is 404 g/mol. The van der Waals surface area contributed by atoms with Crippen LogP contribution >= 0.6 is 11.8 Å². The molecule has 0 bridgehead atoms. The molecule has 1 saturated heterocycles. The van der Waals surface area contributed by atoms with Gasteiger partial charge < -0.3 is 14.8 Å². The number of para-hydroxylation sites is 1. The van der Waals surface area contributed by atoms with Crippen LogP contribution in [0.25, 0.3) is 11.3 Å². The highest BCUT2D eigenvalue weighted by Crippen LogP contribution is 2.30. The predicted molar refractivity (Wildman–Crippen MR) is 114 cm³/mol. The molecule has 1 N–H and O–H groups in total. The first kappa shape index (κ1) is 18.0. The lowest BCUT2D eigenvalue weighted by Crippen LogP contribution is -2.28. The molecule has 2 aromatic carbocycles. The number of thioether (sulfide) groups is 1. The van der Waals surface area contributed by atoms with Gasteiger partial charge in [-0.2, -0.15) is 0 Å². The molecule has 146 valence electrons. The summed E-state index contributed by atoms with van der Waals surface area (Å²) in [7, 11) is 0. The number of aryl methyl sites for hydroxylation is 1. The smallest absolute Gasteiger partial charge is 0.229 e. The van der Waals surface area contributed by atoms with Crippen molar-refractivity contribution < 1.29 is 9.59 Å². The Kier molecular flexibility index (Phi) is 4.60. The third kappa shape index (κ3) is 3.53. The Morgan fingerprint density at radius 3 is 2.66 bits per heavy atom. The average Bonchev–Trinajstić information content (AvgIpc) is 3.44. The molecule has 2 amide bonds. The van der Waals surface area contributed by atoms with Crippen molar-refractivity contribution in [1.82, 2.24) is 9.55 Å². The normalized spacial score (nSPS) is 18.1. The number of nitrogens with one attached hydrogen (secondary N) is 1. The third-order valence-corrected chi connectivity index (χ3v) is 6.29. The SMILES string of the molecule is O=C(Nc1ccc(-c2cn3c(n2)SCC3)cc1)C1CC(=O)N(c2ccccc2)C1. The van der Waals surface area contributed by atoms with E-state index in [0.717, 1.165) is 40.1 Å². The number of nitrogens with zero attached hydrogens (tertiary/aromatic N) is 3. The van der Waals surface area contributed by atoms with Crippen molar-refractivity contribution in [3.05, 3.63) is 60.8 Å². The first-order chi connectivity index (χ1) is 14.2. The number of carbonyl (C=O) groups is 2. The molecule has 2 aliphatic rings. The van der Waals surface area contributed by atoms with Crippen molar-refractivity contribution in [3.8, 4) is 11.3 Å². The highest BCUT2D eigenvalue weighted by atomic mass is 32.2. The summed E-state index contributed by atoms with van der Waals surface area (Å²) in [5, 5.41) is 4.01. The first-order valence-electron chi connectivity index (χ1n) is 9.64. The fourth-order valence-electron chi connectivity index (χ4n) is 3.76. The Balaban J connectivity index is 1.24. The van der Waals surface area contributed by atoms with Gasteiger partial charge in [-0.05, 0) is 24.3 Å². The van der Waals surface area contributed by atoms with Crippen molar-refractivity contribution in [2.75, 3.05) is 22.5 Å². The lowest BCUT2D eigenvalue weighted by atomic mass is 10.1. The Morgan fingerprint density at radius 2 is 1.90 bits per heavy atom. The maximum atomic E-state index is 12.7. The minimum atomic E-state index is -0.351. The van der Waals surface area contributed by atoms with E-state index in [4.69, 9.17) is 0 Å². The number of amides is 2. The molecule has 7 heteroatoms. The molecule has 5 rings (SSSR count). The van der Waals surface area contributed by atoms with Gasteiger partial charge in [0.05, 0.1) is 11.6 Å². The summed E-state index contributed by atoms with van der Waals surface area (Å²) >= 11 is 1.77. The summed E-state index contributed by atoms with van der Waals surface area (Å²) in [6.07, 6.45) is 2.31. The van der Waals surface area contributed by atoms with Gasteiger partial charge in [0.25, 0.3) is 0 Å². The molecule has 0 aliphatic carbocycles. The molecule has 0 spiro atoms. The molecule has 29 heavy (non-hydrogen) atoms. The van der Waals surface area contributed by atoms with Crippen molar-refractivity contribution in [3.63, 3.8) is 0 Å². The lowest BCUT2D eigenvalue weighted by molar-refractivity contribution is -0.122. The summed E-state index contributed by atoms with van der Waals surface area (Å²) in [5.41, 5.74) is 3.54. The zero-order valence-electron chi connectivity index (χ0n) is 15.7. The molecule has 6 nitrogen and oxygen atoms in total. The minimum Gasteiger partial charge on any atom is -0.326 e. The van der Waals surface area contributed by atoms with E-state index < -0.39 is 0 Å². The van der Waals surface area contributed by atoms with Gasteiger partial charge in [-0.1, -0.05) is 42.1 Å². The van der Waals surface area contributed by atoms with Crippen LogP contribution in [0.4, 0.5) is 11.4 Å². The van der Waals surface area contributed by atoms with Crippen LogP contribution in [0.15, 0.2) is 66.0 Å². The molecule has 3 heterocycles. The molecule has 1 atom stereocenters. The summed E-state index contributed by atoms with van der Waals surface area (Å²) < 4.78 is 2.17. The standard InChI is InChI=1S/C22H20N4O2S/c27-20-12-16(13-26(20)18-4-2-1-3-5-18)21(28)23-17-8-6-15(7-9-17)19-14-25-10-11-29-22(25)24-19/h1-9,14,16H,10-13H2,(H,23,28). The van der Waals surface area contributed by atoms with Gasteiger partial charge in [-0.3, -0.25) is 9.59 Å². The number of benzene rings is 2. The van der Waals surface area contributed by atoms with E-state index in [1.54, 1.807) is 16.7 Å². The number of fused-ring (bicyclic) bond motifs is 1. The second-order valence-electron chi connectivity index (χ2n) is 7.26. The number of rotatable bonds is 4. The van der Waals surface area contributed by atoms with Crippen molar-refractivity contribution in [1.29, 1.82) is 0 Å². The van der Waals surface area contributed by atoms with Gasteiger partial charge in [0.15, 0.2) is 5.16 Å². The zero-order valence-corrected chi connectivity index (χ0v) is 16.6. The van der Waals surface area contributed by atoms with Gasteiger partial charge >= 0.3 is 0 Å². The number of imidazole rings is 1. The van der Waals surface area contributed by atoms with E-state index in [1.807, 2.05) is 54.6 Å². The maximum Gasteiger partial charge on any atom is 0.229 e. The zero-order chi connectivity index (χ0) is 19.8. The largest absolute Gasteiger partial charge is 0.326 e. The van der Waals surface area contributed by atoms with E-state index in [9.17, 15) is 9.59 Å². The quantitative estimate of drug-likeness (QED) is 0.721. The first-order valence-corrected chi connectivity index (χ1v) is 10.6. The van der Waals surface area contributed by atoms with Crippen LogP contribution in [-0.4, -0.2) is 33.7 Å². The summed E-state index contributed by atoms with van der Waals surface area (Å²) in [6, 6.07) is 17.2. The lowest BCUT2D eigenvalue weighted by Gasteiger charge is -2.16. The van der Waals surface area contributed by atoms with E-state index in [-0.39, 0.29) is 24.2 Å². The molecule has 0 saturated carbocycles. The van der Waals surface area contributed by atoms with Crippen molar-refractivity contribution in [2.45, 2.75) is 18.1 Å². The Hall–Kier alpha value is -3.06. The van der Waals surface area contributed by atoms with Gasteiger partial charge in [0.2, 0.25) is 11.8 Å². The predicted octanol–water partition coefficient (Wildman–Crippen LogP) is 3.65. The molecular formula is C22H20N4O2S. The van der Waals surface area contributed by atoms with Crippen LogP contribution in [-0.2, 0) is 16.1 Å². The molecular weight excluding hydrogens is 384 g/mol. The summed E-state index contributed by atoms with van der Waals surface area (Å²) in [6.45, 7) is 1.41. The molecule has 0 radical (unpaired) electrons. The number of aromatic nitrogens is 2. The van der Waals surface area contributed by atoms with Crippen LogP contribution in [0.2, 0.25) is 0 Å². The van der Waals surface area contributed by atoms with Crippen LogP contribution in [0, 0.1) is 5.92 Å². The van der Waals surface area contributed by atoms with E-state index in [1.165, 1.54) is 0 Å². The van der Waals surface area contributed by atoms with Crippen LogP contribution in [0.1, 0.15) is 6.42 Å². The summed E-state index contributed by atoms with van der Waals surface area (Å²) in [4.78, 5) is 31.4. The highest BCUT2D eigenvalue weighted by Gasteiger charge is 2.35. The van der Waals surface area contributed by atoms with Crippen LogP contribution < -0.4 is 10.2 Å². The van der Waals surface area contributed by atoms with Gasteiger partial charge in [-0.15, -0.1) is 0 Å². The third-order valence-electron chi connectivity index (χ3n) is 5.32. The topological polar surface area (TPSA) is 67.2 Å². The summed E-state index contributed by atoms with van der Waals surface area (Å²) in [5.74, 6) is 0.591. The van der Waals surface area contributed by atoms with E-state index in [2.05, 4.69) is 21.1 Å². The minimum absolute atomic E-state index is 0.0163. The number of hydrogen-bond donors (Lipinski definition) is 1. The molecule has 1 fully saturated rings. The molecule has 3 aromatic rings. The fraction of sp³-hybridized carbons (Fsp3) is 0.227. The van der Waals surface area contributed by atoms with Crippen LogP contribution in [0.5, 0.6) is 0 Å². The van der Waals surface area contributed by atoms with Gasteiger partial charge in [0.1, 0.15) is 0 Å². The Bertz CT molecular complexity index is 1040. The molecule has 2 aliphatic heterocycles. The van der Waals surface area contributed by atoms with E-state index >= 15 is 0 Å². The second-order valence-corrected chi connectivity index (χ2v) is 8.32. The van der Waals surface area contributed by atoms with Crippen molar-refractivity contribution >= 4 is 35.0 Å². The average molecular weight is 404 g/mol. The maximum absolute atomic E-state index is 12.7.